The second-order valence-corrected chi connectivity index (χ2v) is 6.49. The second kappa shape index (κ2) is 9.20. The summed E-state index contributed by atoms with van der Waals surface area (Å²) in [5.41, 5.74) is 1.12. The van der Waals surface area contributed by atoms with E-state index in [-0.39, 0.29) is 0 Å². The molecule has 0 radical (unpaired) electrons. The fourth-order valence-electron chi connectivity index (χ4n) is 1.52. The van der Waals surface area contributed by atoms with Gasteiger partial charge >= 0.3 is 0 Å². The van der Waals surface area contributed by atoms with E-state index in [4.69, 9.17) is 0 Å². The number of aryl methyl sites for hydroxylation is 2. The Morgan fingerprint density at radius 1 is 1.37 bits per heavy atom. The van der Waals surface area contributed by atoms with Crippen molar-refractivity contribution in [1.29, 1.82) is 0 Å². The van der Waals surface area contributed by atoms with Crippen molar-refractivity contribution in [3.05, 3.63) is 15.6 Å². The van der Waals surface area contributed by atoms with Gasteiger partial charge in [-0.25, -0.2) is 9.98 Å². The van der Waals surface area contributed by atoms with Crippen LogP contribution in [0.3, 0.4) is 0 Å². The predicted molar refractivity (Wildman–Crippen MR) is 87.4 cm³/mol. The SMILES string of the molecule is CCNC(=NCc1nc(C)c(C)s1)NCCCSC. The molecular weight excluding hydrogens is 276 g/mol. The van der Waals surface area contributed by atoms with E-state index < -0.39 is 0 Å². The van der Waals surface area contributed by atoms with Crippen LogP contribution in [0.25, 0.3) is 0 Å². The van der Waals surface area contributed by atoms with Crippen LogP contribution in [0.2, 0.25) is 0 Å². The lowest BCUT2D eigenvalue weighted by molar-refractivity contribution is 0.789. The summed E-state index contributed by atoms with van der Waals surface area (Å²) >= 11 is 3.60. The fourth-order valence-corrected chi connectivity index (χ4v) is 2.81. The molecule has 1 heterocycles. The highest BCUT2D eigenvalue weighted by atomic mass is 32.2. The van der Waals surface area contributed by atoms with Gasteiger partial charge in [0, 0.05) is 18.0 Å². The average Bonchev–Trinajstić information content (AvgIpc) is 2.71. The first-order valence-corrected chi connectivity index (χ1v) is 8.82. The van der Waals surface area contributed by atoms with Crippen LogP contribution in [0, 0.1) is 13.8 Å². The summed E-state index contributed by atoms with van der Waals surface area (Å²) in [6.45, 7) is 8.72. The highest BCUT2D eigenvalue weighted by Gasteiger charge is 2.03. The van der Waals surface area contributed by atoms with Crippen LogP contribution in [0.15, 0.2) is 4.99 Å². The summed E-state index contributed by atoms with van der Waals surface area (Å²) in [5.74, 6) is 2.06. The third-order valence-electron chi connectivity index (χ3n) is 2.61. The minimum absolute atomic E-state index is 0.650. The Morgan fingerprint density at radius 2 is 2.16 bits per heavy atom. The largest absolute Gasteiger partial charge is 0.357 e. The zero-order valence-corrected chi connectivity index (χ0v) is 13.9. The van der Waals surface area contributed by atoms with E-state index in [1.165, 1.54) is 10.6 Å². The van der Waals surface area contributed by atoms with Gasteiger partial charge in [-0.2, -0.15) is 11.8 Å². The molecule has 0 saturated heterocycles. The topological polar surface area (TPSA) is 49.3 Å². The summed E-state index contributed by atoms with van der Waals surface area (Å²) in [6.07, 6.45) is 3.29. The Bertz CT molecular complexity index is 382. The molecular formula is C13H24N4S2. The van der Waals surface area contributed by atoms with Crippen molar-refractivity contribution in [2.45, 2.75) is 33.7 Å². The Morgan fingerprint density at radius 3 is 2.74 bits per heavy atom. The van der Waals surface area contributed by atoms with Gasteiger partial charge in [0.15, 0.2) is 5.96 Å². The molecule has 4 nitrogen and oxygen atoms in total. The van der Waals surface area contributed by atoms with Crippen molar-refractivity contribution >= 4 is 29.1 Å². The lowest BCUT2D eigenvalue weighted by Crippen LogP contribution is -2.37. The van der Waals surface area contributed by atoms with Crippen molar-refractivity contribution in [3.8, 4) is 0 Å². The van der Waals surface area contributed by atoms with Gasteiger partial charge in [0.25, 0.3) is 0 Å². The molecule has 0 saturated carbocycles. The smallest absolute Gasteiger partial charge is 0.191 e. The summed E-state index contributed by atoms with van der Waals surface area (Å²) in [6, 6.07) is 0. The summed E-state index contributed by atoms with van der Waals surface area (Å²) in [5, 5.41) is 7.69. The molecule has 1 aromatic heterocycles. The van der Waals surface area contributed by atoms with Crippen LogP contribution >= 0.6 is 23.1 Å². The number of nitrogens with one attached hydrogen (secondary N) is 2. The zero-order chi connectivity index (χ0) is 14.1. The standard InChI is InChI=1S/C13H24N4S2/c1-5-14-13(15-7-6-8-18-4)16-9-12-17-10(2)11(3)19-12/h5-9H2,1-4H3,(H2,14,15,16). The van der Waals surface area contributed by atoms with Crippen molar-refractivity contribution in [3.63, 3.8) is 0 Å². The van der Waals surface area contributed by atoms with E-state index in [9.17, 15) is 0 Å². The first-order chi connectivity index (χ1) is 9.17. The van der Waals surface area contributed by atoms with Crippen LogP contribution in [-0.4, -0.2) is 36.0 Å². The third kappa shape index (κ3) is 6.29. The summed E-state index contributed by atoms with van der Waals surface area (Å²) < 4.78 is 0. The van der Waals surface area contributed by atoms with Gasteiger partial charge < -0.3 is 10.6 Å². The molecule has 108 valence electrons. The maximum atomic E-state index is 4.57. The van der Waals surface area contributed by atoms with E-state index in [0.717, 1.165) is 36.2 Å². The Kier molecular flexibility index (Phi) is 7.90. The van der Waals surface area contributed by atoms with Crippen LogP contribution in [0.4, 0.5) is 0 Å². The third-order valence-corrected chi connectivity index (χ3v) is 4.36. The molecule has 0 fully saturated rings. The van der Waals surface area contributed by atoms with Crippen LogP contribution in [0.5, 0.6) is 0 Å². The van der Waals surface area contributed by atoms with E-state index in [0.29, 0.717) is 6.54 Å². The molecule has 0 amide bonds. The first kappa shape index (κ1) is 16.3. The number of aliphatic imine (C=N–C) groups is 1. The number of nitrogens with zero attached hydrogens (tertiary/aromatic N) is 2. The molecule has 0 aliphatic carbocycles. The molecule has 0 aromatic carbocycles. The van der Waals surface area contributed by atoms with Crippen LogP contribution in [0.1, 0.15) is 28.9 Å². The number of aromatic nitrogens is 1. The molecule has 2 N–H and O–H groups in total. The highest BCUT2D eigenvalue weighted by molar-refractivity contribution is 7.98. The Hall–Kier alpha value is -0.750. The lowest BCUT2D eigenvalue weighted by atomic mass is 10.4. The van der Waals surface area contributed by atoms with Crippen molar-refractivity contribution in [2.24, 2.45) is 4.99 Å². The molecule has 0 bridgehead atoms. The molecule has 0 spiro atoms. The van der Waals surface area contributed by atoms with Crippen molar-refractivity contribution in [2.75, 3.05) is 25.1 Å². The monoisotopic (exact) mass is 300 g/mol. The molecule has 0 aliphatic rings. The quantitative estimate of drug-likeness (QED) is 0.462. The minimum atomic E-state index is 0.650. The second-order valence-electron chi connectivity index (χ2n) is 4.22. The van der Waals surface area contributed by atoms with Gasteiger partial charge in [-0.1, -0.05) is 0 Å². The maximum absolute atomic E-state index is 4.57. The van der Waals surface area contributed by atoms with E-state index in [1.807, 2.05) is 18.7 Å². The van der Waals surface area contributed by atoms with Gasteiger partial charge in [-0.05, 0) is 39.2 Å². The predicted octanol–water partition coefficient (Wildman–Crippen LogP) is 2.57. The number of hydrogen-bond donors (Lipinski definition) is 2. The number of thioether (sulfide) groups is 1. The molecule has 0 atom stereocenters. The summed E-state index contributed by atoms with van der Waals surface area (Å²) in [7, 11) is 0. The number of hydrogen-bond acceptors (Lipinski definition) is 4. The molecule has 0 unspecified atom stereocenters. The minimum Gasteiger partial charge on any atom is -0.357 e. The number of thiazole rings is 1. The molecule has 1 rings (SSSR count). The molecule has 6 heteroatoms. The van der Waals surface area contributed by atoms with E-state index in [1.54, 1.807) is 11.3 Å². The van der Waals surface area contributed by atoms with Gasteiger partial charge in [0.2, 0.25) is 0 Å². The van der Waals surface area contributed by atoms with Crippen LogP contribution < -0.4 is 10.6 Å². The molecule has 19 heavy (non-hydrogen) atoms. The number of guanidine groups is 1. The van der Waals surface area contributed by atoms with Gasteiger partial charge in [0.05, 0.1) is 12.2 Å². The molecule has 1 aromatic rings. The van der Waals surface area contributed by atoms with Crippen molar-refractivity contribution < 1.29 is 0 Å². The van der Waals surface area contributed by atoms with Crippen LogP contribution in [-0.2, 0) is 6.54 Å². The Labute approximate surface area is 124 Å². The van der Waals surface area contributed by atoms with Gasteiger partial charge in [0.1, 0.15) is 5.01 Å². The molecule has 0 aliphatic heterocycles. The van der Waals surface area contributed by atoms with Gasteiger partial charge in [-0.3, -0.25) is 0 Å². The van der Waals surface area contributed by atoms with Gasteiger partial charge in [-0.15, -0.1) is 11.3 Å². The Balaban J connectivity index is 2.47. The van der Waals surface area contributed by atoms with E-state index >= 15 is 0 Å². The van der Waals surface area contributed by atoms with Crippen molar-refractivity contribution in [1.82, 2.24) is 15.6 Å². The number of rotatable bonds is 7. The maximum Gasteiger partial charge on any atom is 0.191 e. The first-order valence-electron chi connectivity index (χ1n) is 6.61. The zero-order valence-electron chi connectivity index (χ0n) is 12.2. The highest BCUT2D eigenvalue weighted by Crippen LogP contribution is 2.16. The van der Waals surface area contributed by atoms with E-state index in [2.05, 4.69) is 40.7 Å². The summed E-state index contributed by atoms with van der Waals surface area (Å²) in [4.78, 5) is 10.4. The normalized spacial score (nSPS) is 11.7. The average molecular weight is 300 g/mol. The lowest BCUT2D eigenvalue weighted by Gasteiger charge is -2.10. The fraction of sp³-hybridized carbons (Fsp3) is 0.692.